The fourth-order valence-corrected chi connectivity index (χ4v) is 17.4. The fourth-order valence-electron chi connectivity index (χ4n) is 15.0. The van der Waals surface area contributed by atoms with Gasteiger partial charge in [0.2, 0.25) is 0 Å². The van der Waals surface area contributed by atoms with Crippen LogP contribution in [0.4, 0.5) is 0 Å². The van der Waals surface area contributed by atoms with Gasteiger partial charge in [-0.2, -0.15) is 0 Å². The molecule has 0 amide bonds. The van der Waals surface area contributed by atoms with Crippen molar-refractivity contribution in [1.82, 2.24) is 0 Å². The third kappa shape index (κ3) is 3.98. The van der Waals surface area contributed by atoms with E-state index >= 15 is 0 Å². The molecule has 0 aliphatic heterocycles. The van der Waals surface area contributed by atoms with Gasteiger partial charge in [0.15, 0.2) is 0 Å². The van der Waals surface area contributed by atoms with Crippen LogP contribution in [0.15, 0.2) is 42.2 Å². The second kappa shape index (κ2) is 8.63. The Bertz CT molecular complexity index is 1350. The van der Waals surface area contributed by atoms with Crippen LogP contribution in [0.5, 0.6) is 0 Å². The quantitative estimate of drug-likeness (QED) is 0.289. The van der Waals surface area contributed by atoms with Crippen LogP contribution in [-0.4, -0.2) is 0 Å². The maximum absolute atomic E-state index is 3.97. The molecule has 0 nitrogen and oxygen atoms in total. The lowest BCUT2D eigenvalue weighted by molar-refractivity contribution is -0.275. The highest BCUT2D eigenvalue weighted by atomic mass is 79.9. The van der Waals surface area contributed by atoms with Gasteiger partial charge < -0.3 is 0 Å². The zero-order valence-electron chi connectivity index (χ0n) is 26.3. The van der Waals surface area contributed by atoms with Gasteiger partial charge in [0, 0.05) is 17.9 Å². The van der Waals surface area contributed by atoms with Crippen molar-refractivity contribution in [2.75, 3.05) is 0 Å². The summed E-state index contributed by atoms with van der Waals surface area (Å²) in [5.41, 5.74) is 9.01. The number of hydrogen-bond acceptors (Lipinski definition) is 0. The molecule has 0 heterocycles. The molecule has 4 atom stereocenters. The number of halogens is 4. The maximum atomic E-state index is 3.97. The Hall–Kier alpha value is 0.360. The van der Waals surface area contributed by atoms with Crippen molar-refractivity contribution >= 4 is 63.7 Å². The molecule has 2 aromatic carbocycles. The van der Waals surface area contributed by atoms with Crippen molar-refractivity contribution in [1.29, 1.82) is 0 Å². The number of benzene rings is 2. The summed E-state index contributed by atoms with van der Waals surface area (Å²) >= 11 is 15.9. The van der Waals surface area contributed by atoms with Gasteiger partial charge >= 0.3 is 0 Å². The zero-order valence-corrected chi connectivity index (χ0v) is 32.7. The summed E-state index contributed by atoms with van der Waals surface area (Å²) in [6.07, 6.45) is 16.9. The second-order valence-electron chi connectivity index (χ2n) is 18.6. The van der Waals surface area contributed by atoms with Crippen LogP contribution < -0.4 is 0 Å². The van der Waals surface area contributed by atoms with Gasteiger partial charge in [0.05, 0.1) is 0 Å². The summed E-state index contributed by atoms with van der Waals surface area (Å²) in [6.45, 7) is 15.3. The van der Waals surface area contributed by atoms with E-state index in [4.69, 9.17) is 0 Å². The van der Waals surface area contributed by atoms with Gasteiger partial charge in [0.1, 0.15) is 0 Å². The van der Waals surface area contributed by atoms with Crippen LogP contribution in [0.2, 0.25) is 0 Å². The molecule has 2 aromatic rings. The Morgan fingerprint density at radius 3 is 0.929 bits per heavy atom. The highest BCUT2D eigenvalue weighted by Gasteiger charge is 2.76. The topological polar surface area (TPSA) is 0 Å². The predicted octanol–water partition coefficient (Wildman–Crippen LogP) is 13.3. The molecule has 8 aliphatic rings. The molecule has 10 rings (SSSR count). The summed E-state index contributed by atoms with van der Waals surface area (Å²) in [6, 6.07) is 10.1. The summed E-state index contributed by atoms with van der Waals surface area (Å²) in [5.74, 6) is 0. The molecule has 4 heteroatoms. The lowest BCUT2D eigenvalue weighted by Gasteiger charge is -2.80. The van der Waals surface area contributed by atoms with Gasteiger partial charge in [0.25, 0.3) is 0 Å². The van der Waals surface area contributed by atoms with Crippen LogP contribution in [0.1, 0.15) is 127 Å². The number of hydrogen-bond donors (Lipinski definition) is 0. The Kier molecular flexibility index (Phi) is 6.11. The number of rotatable bonds is 3. The molecular formula is C38H46Br4. The summed E-state index contributed by atoms with van der Waals surface area (Å²) in [7, 11) is 0. The molecule has 8 aliphatic carbocycles. The lowest BCUT2D eigenvalue weighted by atomic mass is 9.24. The standard InChI is InChI=1S/C38H46Br4/c1-23-27(39)7-25(8-28(23)40)35-13-31(3)11-32(4,14-35)18-37(17-31,21-35)38-19-33(5)12-34(6,20-38)16-36(15-33,22-38)26-9-29(41)24(2)30(42)10-26/h7-10H,11-22H2,1-6H3. The van der Waals surface area contributed by atoms with E-state index in [1.807, 2.05) is 0 Å². The Morgan fingerprint density at radius 2 is 0.667 bits per heavy atom. The van der Waals surface area contributed by atoms with Gasteiger partial charge in [-0.3, -0.25) is 0 Å². The Labute approximate surface area is 287 Å². The molecule has 42 heavy (non-hydrogen) atoms. The summed E-state index contributed by atoms with van der Waals surface area (Å²) < 4.78 is 5.10. The van der Waals surface area contributed by atoms with E-state index in [0.717, 1.165) is 0 Å². The molecular weight excluding hydrogens is 776 g/mol. The van der Waals surface area contributed by atoms with Crippen molar-refractivity contribution in [3.05, 3.63) is 64.4 Å². The van der Waals surface area contributed by atoms with Crippen LogP contribution in [-0.2, 0) is 10.8 Å². The molecule has 0 spiro atoms. The van der Waals surface area contributed by atoms with Crippen LogP contribution in [0, 0.1) is 46.3 Å². The summed E-state index contributed by atoms with van der Waals surface area (Å²) in [4.78, 5) is 0. The minimum Gasteiger partial charge on any atom is -0.0596 e. The first-order chi connectivity index (χ1) is 19.4. The first-order valence-electron chi connectivity index (χ1n) is 16.3. The normalized spacial score (nSPS) is 48.3. The minimum absolute atomic E-state index is 0.283. The smallest absolute Gasteiger partial charge is 0.0218 e. The molecule has 0 radical (unpaired) electrons. The largest absolute Gasteiger partial charge is 0.0596 e. The lowest BCUT2D eigenvalue weighted by Crippen LogP contribution is -2.71. The molecule has 4 unspecified atom stereocenters. The van der Waals surface area contributed by atoms with E-state index in [9.17, 15) is 0 Å². The van der Waals surface area contributed by atoms with Gasteiger partial charge in [-0.15, -0.1) is 0 Å². The maximum Gasteiger partial charge on any atom is 0.0218 e. The molecule has 8 bridgehead atoms. The third-order valence-corrected chi connectivity index (χ3v) is 17.4. The van der Waals surface area contributed by atoms with E-state index in [0.29, 0.717) is 32.5 Å². The van der Waals surface area contributed by atoms with Gasteiger partial charge in [-0.25, -0.2) is 0 Å². The van der Waals surface area contributed by atoms with Crippen molar-refractivity contribution in [3.8, 4) is 0 Å². The third-order valence-electron chi connectivity index (χ3n) is 14.1. The monoisotopic (exact) mass is 818 g/mol. The summed E-state index contributed by atoms with van der Waals surface area (Å²) in [5, 5.41) is 0. The molecule has 8 saturated carbocycles. The van der Waals surface area contributed by atoms with Crippen molar-refractivity contribution < 1.29 is 0 Å². The second-order valence-corrected chi connectivity index (χ2v) is 22.0. The van der Waals surface area contributed by atoms with E-state index in [2.05, 4.69) is 130 Å². The van der Waals surface area contributed by atoms with E-state index in [1.165, 1.54) is 106 Å². The van der Waals surface area contributed by atoms with Gasteiger partial charge in [-0.05, 0) is 181 Å². The Morgan fingerprint density at radius 1 is 0.405 bits per heavy atom. The van der Waals surface area contributed by atoms with E-state index in [1.54, 1.807) is 11.1 Å². The van der Waals surface area contributed by atoms with E-state index in [-0.39, 0.29) is 10.8 Å². The predicted molar refractivity (Wildman–Crippen MR) is 189 cm³/mol. The van der Waals surface area contributed by atoms with Crippen molar-refractivity contribution in [2.24, 2.45) is 32.5 Å². The van der Waals surface area contributed by atoms with Crippen molar-refractivity contribution in [2.45, 2.75) is 129 Å². The van der Waals surface area contributed by atoms with Crippen LogP contribution >= 0.6 is 63.7 Å². The molecule has 0 N–H and O–H groups in total. The average molecular weight is 822 g/mol. The SMILES string of the molecule is Cc1c(Br)cc(C23CC4(C)CC(C)(C2)CC(C25CC6(C)CC(C)(CC(c7cc(Br)c(C)c(Br)c7)(C6)C2)C5)(C4)C3)cc1Br. The van der Waals surface area contributed by atoms with Crippen LogP contribution in [0.3, 0.4) is 0 Å². The minimum atomic E-state index is 0.283. The first-order valence-corrected chi connectivity index (χ1v) is 19.5. The zero-order chi connectivity index (χ0) is 29.9. The molecule has 0 saturated heterocycles. The highest BCUT2D eigenvalue weighted by Crippen LogP contribution is 2.85. The fraction of sp³-hybridized carbons (Fsp3) is 0.684. The molecule has 8 fully saturated rings. The van der Waals surface area contributed by atoms with Crippen molar-refractivity contribution in [3.63, 3.8) is 0 Å². The molecule has 0 aromatic heterocycles. The Balaban J connectivity index is 1.32. The van der Waals surface area contributed by atoms with E-state index < -0.39 is 0 Å². The van der Waals surface area contributed by atoms with Gasteiger partial charge in [-0.1, -0.05) is 91.4 Å². The van der Waals surface area contributed by atoms with Crippen LogP contribution in [0.25, 0.3) is 0 Å². The highest BCUT2D eigenvalue weighted by molar-refractivity contribution is 9.11. The molecule has 226 valence electrons. The average Bonchev–Trinajstić information content (AvgIpc) is 2.80. The first kappa shape index (κ1) is 29.7.